The van der Waals surface area contributed by atoms with Crippen molar-refractivity contribution in [2.24, 2.45) is 0 Å². The molecule has 1 aromatic heterocycles. The van der Waals surface area contributed by atoms with Crippen LogP contribution in [0.5, 0.6) is 0 Å². The Hall–Kier alpha value is -1.06. The zero-order valence-corrected chi connectivity index (χ0v) is 8.49. The molecule has 72 valence electrons. The van der Waals surface area contributed by atoms with Crippen molar-refractivity contribution in [2.75, 3.05) is 11.4 Å². The lowest BCUT2D eigenvalue weighted by molar-refractivity contribution is 0.422. The quantitative estimate of drug-likeness (QED) is 0.603. The lowest BCUT2D eigenvalue weighted by Gasteiger charge is -2.38. The van der Waals surface area contributed by atoms with E-state index in [0.29, 0.717) is 0 Å². The lowest BCUT2D eigenvalue weighted by atomic mass is 10.1. The van der Waals surface area contributed by atoms with Crippen LogP contribution in [0.25, 0.3) is 0 Å². The highest BCUT2D eigenvalue weighted by Crippen LogP contribution is 2.24. The van der Waals surface area contributed by atoms with Gasteiger partial charge in [0.15, 0.2) is 0 Å². The van der Waals surface area contributed by atoms with Gasteiger partial charge in [-0.1, -0.05) is 0 Å². The number of anilines is 1. The van der Waals surface area contributed by atoms with Gasteiger partial charge in [0.25, 0.3) is 0 Å². The second-order valence-corrected chi connectivity index (χ2v) is 4.46. The van der Waals surface area contributed by atoms with Crippen LogP contribution in [0.2, 0.25) is 0 Å². The first-order valence-electron chi connectivity index (χ1n) is 4.74. The molecule has 0 unspecified atom stereocenters. The number of fused-ring (bicyclic) bond motifs is 1. The Kier molecular flexibility index (Phi) is 1.78. The predicted octanol–water partition coefficient (Wildman–Crippen LogP) is 1.29. The Labute approximate surface area is 78.6 Å². The van der Waals surface area contributed by atoms with Gasteiger partial charge < -0.3 is 4.90 Å². The predicted molar refractivity (Wildman–Crippen MR) is 51.7 cm³/mol. The van der Waals surface area contributed by atoms with Crippen LogP contribution in [0, 0.1) is 0 Å². The highest BCUT2D eigenvalue weighted by Gasteiger charge is 2.27. The van der Waals surface area contributed by atoms with Gasteiger partial charge in [-0.3, -0.25) is 0 Å². The molecule has 4 heteroatoms. The van der Waals surface area contributed by atoms with E-state index in [-0.39, 0.29) is 5.54 Å². The van der Waals surface area contributed by atoms with Crippen molar-refractivity contribution in [3.63, 3.8) is 0 Å². The zero-order valence-electron chi connectivity index (χ0n) is 8.49. The SMILES string of the molecule is CC(C)(C)N1CCCn2ncnc21. The van der Waals surface area contributed by atoms with Gasteiger partial charge in [0.2, 0.25) is 5.95 Å². The van der Waals surface area contributed by atoms with Crippen molar-refractivity contribution in [1.82, 2.24) is 14.8 Å². The van der Waals surface area contributed by atoms with E-state index in [1.807, 2.05) is 4.68 Å². The fraction of sp³-hybridized carbons (Fsp3) is 0.778. The second-order valence-electron chi connectivity index (χ2n) is 4.46. The third-order valence-electron chi connectivity index (χ3n) is 2.40. The maximum Gasteiger partial charge on any atom is 0.224 e. The zero-order chi connectivity index (χ0) is 9.47. The molecule has 0 spiro atoms. The molecule has 2 rings (SSSR count). The summed E-state index contributed by atoms with van der Waals surface area (Å²) < 4.78 is 1.98. The van der Waals surface area contributed by atoms with Crippen LogP contribution in [-0.2, 0) is 6.54 Å². The fourth-order valence-corrected chi connectivity index (χ4v) is 1.74. The first kappa shape index (κ1) is 8.53. The molecule has 1 aliphatic rings. The maximum atomic E-state index is 4.28. The minimum Gasteiger partial charge on any atom is -0.336 e. The number of rotatable bonds is 0. The van der Waals surface area contributed by atoms with Gasteiger partial charge in [-0.05, 0) is 27.2 Å². The van der Waals surface area contributed by atoms with E-state index >= 15 is 0 Å². The molecule has 0 fully saturated rings. The summed E-state index contributed by atoms with van der Waals surface area (Å²) in [6, 6.07) is 0. The van der Waals surface area contributed by atoms with Crippen LogP contribution >= 0.6 is 0 Å². The molecule has 0 amide bonds. The molecule has 1 aliphatic heterocycles. The molecule has 2 heterocycles. The monoisotopic (exact) mass is 180 g/mol. The van der Waals surface area contributed by atoms with E-state index < -0.39 is 0 Å². The third-order valence-corrected chi connectivity index (χ3v) is 2.40. The highest BCUT2D eigenvalue weighted by atomic mass is 15.5. The summed E-state index contributed by atoms with van der Waals surface area (Å²) in [6.07, 6.45) is 2.80. The number of nitrogens with zero attached hydrogens (tertiary/aromatic N) is 4. The molecule has 0 N–H and O–H groups in total. The largest absolute Gasteiger partial charge is 0.336 e. The normalized spacial score (nSPS) is 17.3. The first-order valence-corrected chi connectivity index (χ1v) is 4.74. The number of hydrogen-bond acceptors (Lipinski definition) is 3. The van der Waals surface area contributed by atoms with Crippen molar-refractivity contribution in [3.8, 4) is 0 Å². The molecule has 13 heavy (non-hydrogen) atoms. The first-order chi connectivity index (χ1) is 6.09. The van der Waals surface area contributed by atoms with Gasteiger partial charge in [0.1, 0.15) is 6.33 Å². The average molecular weight is 180 g/mol. The van der Waals surface area contributed by atoms with E-state index in [2.05, 4.69) is 35.8 Å². The summed E-state index contributed by atoms with van der Waals surface area (Å²) in [7, 11) is 0. The van der Waals surface area contributed by atoms with E-state index in [4.69, 9.17) is 0 Å². The molecular formula is C9H16N4. The van der Waals surface area contributed by atoms with Gasteiger partial charge >= 0.3 is 0 Å². The Morgan fingerprint density at radius 1 is 1.31 bits per heavy atom. The van der Waals surface area contributed by atoms with Crippen LogP contribution in [0.15, 0.2) is 6.33 Å². The third kappa shape index (κ3) is 1.41. The molecule has 0 saturated carbocycles. The summed E-state index contributed by atoms with van der Waals surface area (Å²) in [5.41, 5.74) is 0.144. The molecule has 0 aliphatic carbocycles. The van der Waals surface area contributed by atoms with Crippen LogP contribution in [0.4, 0.5) is 5.95 Å². The van der Waals surface area contributed by atoms with Gasteiger partial charge in [-0.15, -0.1) is 0 Å². The van der Waals surface area contributed by atoms with Crippen LogP contribution < -0.4 is 4.90 Å². The van der Waals surface area contributed by atoms with E-state index in [1.165, 1.54) is 0 Å². The van der Waals surface area contributed by atoms with E-state index in [1.54, 1.807) is 6.33 Å². The lowest BCUT2D eigenvalue weighted by Crippen LogP contribution is -2.46. The van der Waals surface area contributed by atoms with E-state index in [9.17, 15) is 0 Å². The van der Waals surface area contributed by atoms with Gasteiger partial charge in [0, 0.05) is 18.6 Å². The molecular weight excluding hydrogens is 164 g/mol. The minimum absolute atomic E-state index is 0.144. The summed E-state index contributed by atoms with van der Waals surface area (Å²) in [4.78, 5) is 6.59. The van der Waals surface area contributed by atoms with Crippen LogP contribution in [-0.4, -0.2) is 26.8 Å². The molecule has 4 nitrogen and oxygen atoms in total. The number of aryl methyl sites for hydroxylation is 1. The van der Waals surface area contributed by atoms with E-state index in [0.717, 1.165) is 25.5 Å². The molecule has 0 radical (unpaired) electrons. The standard InChI is InChI=1S/C9H16N4/c1-9(2,3)12-5-4-6-13-8(12)10-7-11-13/h7H,4-6H2,1-3H3. The summed E-state index contributed by atoms with van der Waals surface area (Å²) >= 11 is 0. The molecule has 0 atom stereocenters. The maximum absolute atomic E-state index is 4.28. The smallest absolute Gasteiger partial charge is 0.224 e. The fourth-order valence-electron chi connectivity index (χ4n) is 1.74. The summed E-state index contributed by atoms with van der Waals surface area (Å²) in [6.45, 7) is 8.70. The van der Waals surface area contributed by atoms with Crippen molar-refractivity contribution < 1.29 is 0 Å². The van der Waals surface area contributed by atoms with Crippen LogP contribution in [0.3, 0.4) is 0 Å². The topological polar surface area (TPSA) is 34.0 Å². The average Bonchev–Trinajstić information content (AvgIpc) is 2.48. The Morgan fingerprint density at radius 3 is 2.77 bits per heavy atom. The number of hydrogen-bond donors (Lipinski definition) is 0. The molecule has 1 aromatic rings. The molecule has 0 saturated heterocycles. The Balaban J connectivity index is 2.35. The highest BCUT2D eigenvalue weighted by molar-refractivity contribution is 5.34. The van der Waals surface area contributed by atoms with Gasteiger partial charge in [-0.25, -0.2) is 4.68 Å². The van der Waals surface area contributed by atoms with Crippen LogP contribution in [0.1, 0.15) is 27.2 Å². The molecule has 0 bridgehead atoms. The van der Waals surface area contributed by atoms with Crippen molar-refractivity contribution >= 4 is 5.95 Å². The Morgan fingerprint density at radius 2 is 2.08 bits per heavy atom. The van der Waals surface area contributed by atoms with Gasteiger partial charge in [0.05, 0.1) is 0 Å². The molecule has 0 aromatic carbocycles. The van der Waals surface area contributed by atoms with Gasteiger partial charge in [-0.2, -0.15) is 10.1 Å². The second kappa shape index (κ2) is 2.72. The van der Waals surface area contributed by atoms with Crippen molar-refractivity contribution in [3.05, 3.63) is 6.33 Å². The van der Waals surface area contributed by atoms with Crippen molar-refractivity contribution in [2.45, 2.75) is 39.3 Å². The summed E-state index contributed by atoms with van der Waals surface area (Å²) in [5, 5.41) is 4.18. The summed E-state index contributed by atoms with van der Waals surface area (Å²) in [5.74, 6) is 1.01. The Bertz CT molecular complexity index is 297. The minimum atomic E-state index is 0.144. The number of aromatic nitrogens is 3. The van der Waals surface area contributed by atoms with Crippen molar-refractivity contribution in [1.29, 1.82) is 0 Å².